The molecule has 0 aromatic carbocycles. The molecule has 3 saturated carbocycles. The number of aliphatic hydroxyl groups excluding tert-OH is 2. The summed E-state index contributed by atoms with van der Waals surface area (Å²) in [6.07, 6.45) is 7.85. The molecule has 0 bridgehead atoms. The highest BCUT2D eigenvalue weighted by Gasteiger charge is 2.59. The Kier molecular flexibility index (Phi) is 19.8. The molecular weight excluding hydrogens is 851 g/mol. The second-order valence-corrected chi connectivity index (χ2v) is 20.8. The van der Waals surface area contributed by atoms with Crippen LogP contribution in [0.5, 0.6) is 0 Å². The molecule has 66 heavy (non-hydrogen) atoms. The van der Waals surface area contributed by atoms with Gasteiger partial charge in [0.05, 0.1) is 0 Å². The van der Waals surface area contributed by atoms with E-state index in [1.807, 2.05) is 0 Å². The van der Waals surface area contributed by atoms with Gasteiger partial charge in [-0.2, -0.15) is 0 Å². The molecule has 16 atom stereocenters. The predicted octanol–water partition coefficient (Wildman–Crippen LogP) is 3.50. The van der Waals surface area contributed by atoms with E-state index >= 15 is 0 Å². The van der Waals surface area contributed by atoms with Crippen LogP contribution >= 0.6 is 0 Å². The Labute approximate surface area is 391 Å². The second kappa shape index (κ2) is 23.9. The maximum Gasteiger partial charge on any atom is 0.328 e. The van der Waals surface area contributed by atoms with E-state index in [2.05, 4.69) is 62.0 Å². The van der Waals surface area contributed by atoms with Gasteiger partial charge in [0.15, 0.2) is 6.29 Å². The average Bonchev–Trinajstić information content (AvgIpc) is 3.62. The lowest BCUT2D eigenvalue weighted by Gasteiger charge is -2.58. The van der Waals surface area contributed by atoms with Crippen molar-refractivity contribution < 1.29 is 58.0 Å². The van der Waals surface area contributed by atoms with Gasteiger partial charge in [0.1, 0.15) is 54.9 Å². The van der Waals surface area contributed by atoms with Crippen molar-refractivity contribution in [2.24, 2.45) is 52.1 Å². The zero-order valence-electron chi connectivity index (χ0n) is 41.1. The third kappa shape index (κ3) is 13.4. The number of methoxy groups -OCH3 is 1. The molecule has 3 fully saturated rings. The number of carbonyl (C=O) groups is 7. The summed E-state index contributed by atoms with van der Waals surface area (Å²) >= 11 is 0. The number of hydrogen-bond donors (Lipinski definition) is 7. The lowest BCUT2D eigenvalue weighted by molar-refractivity contribution is -0.198. The zero-order valence-corrected chi connectivity index (χ0v) is 41.1. The molecule has 0 radical (unpaired) electrons. The molecule has 4 rings (SSSR count). The molecule has 0 aromatic rings. The minimum atomic E-state index is -1.88. The van der Waals surface area contributed by atoms with E-state index in [1.165, 1.54) is 64.4 Å². The molecule has 17 nitrogen and oxygen atoms in total. The lowest BCUT2D eigenvalue weighted by atomic mass is 9.47. The lowest BCUT2D eigenvalue weighted by Crippen LogP contribution is -2.57. The third-order valence-electron chi connectivity index (χ3n) is 15.8. The summed E-state index contributed by atoms with van der Waals surface area (Å²) in [5.41, 5.74) is 7.45. The van der Waals surface area contributed by atoms with Crippen molar-refractivity contribution >= 4 is 41.8 Å². The Morgan fingerprint density at radius 2 is 1.56 bits per heavy atom. The fourth-order valence-electron chi connectivity index (χ4n) is 12.1. The van der Waals surface area contributed by atoms with Crippen molar-refractivity contribution in [2.45, 2.75) is 201 Å². The molecule has 0 saturated heterocycles. The highest BCUT2D eigenvalue weighted by atomic mass is 16.6. The number of esters is 1. The van der Waals surface area contributed by atoms with Crippen LogP contribution in [0.4, 0.5) is 0 Å². The summed E-state index contributed by atoms with van der Waals surface area (Å²) in [4.78, 5) is 88.0. The minimum absolute atomic E-state index is 0.0946. The van der Waals surface area contributed by atoms with Crippen LogP contribution in [0.1, 0.15) is 146 Å². The van der Waals surface area contributed by atoms with E-state index in [0.29, 0.717) is 23.7 Å². The summed E-state index contributed by atoms with van der Waals surface area (Å²) in [5, 5.41) is 30.2. The molecule has 4 aliphatic rings. The molecule has 0 unspecified atom stereocenters. The van der Waals surface area contributed by atoms with Gasteiger partial charge in [-0.1, -0.05) is 65.5 Å². The molecule has 0 aliphatic heterocycles. The molecule has 5 amide bonds. The van der Waals surface area contributed by atoms with E-state index < -0.39 is 84.3 Å². The quantitative estimate of drug-likeness (QED) is 0.0318. The van der Waals surface area contributed by atoms with Crippen LogP contribution in [0.15, 0.2) is 11.6 Å². The molecule has 17 heteroatoms. The number of carbonyl (C=O) groups excluding carboxylic acids is 7. The van der Waals surface area contributed by atoms with Crippen molar-refractivity contribution in [3.8, 4) is 0 Å². The van der Waals surface area contributed by atoms with Gasteiger partial charge in [-0.05, 0) is 118 Å². The van der Waals surface area contributed by atoms with Crippen LogP contribution in [0.2, 0.25) is 0 Å². The van der Waals surface area contributed by atoms with Crippen molar-refractivity contribution in [2.75, 3.05) is 7.11 Å². The number of nitrogens with two attached hydrogens (primary N) is 1. The molecule has 374 valence electrons. The first-order valence-corrected chi connectivity index (χ1v) is 24.3. The minimum Gasteiger partial charge on any atom is -0.461 e. The van der Waals surface area contributed by atoms with Crippen molar-refractivity contribution in [3.05, 3.63) is 11.6 Å². The number of ether oxygens (including phenoxy) is 3. The first-order valence-electron chi connectivity index (χ1n) is 24.3. The first-order chi connectivity index (χ1) is 31.0. The summed E-state index contributed by atoms with van der Waals surface area (Å²) < 4.78 is 16.2. The van der Waals surface area contributed by atoms with Gasteiger partial charge in [0.2, 0.25) is 29.5 Å². The fraction of sp³-hybridized carbons (Fsp3) is 0.816. The smallest absolute Gasteiger partial charge is 0.328 e. The standard InChI is InChI=1S/C49H81N5O12/c1-26(2)12-11-13-27(3)35-16-17-36-34-15-14-32-24-33(20-22-48(32,8)37(34)21-23-49(35,36)9)66-46(62)29(5)51-40(57)19-18-38(43(50)59)54-44(60)28(4)52-45(61)30(6)65-42(41(58)47(63)64-10)39(25-55)53-31(7)56/h14,25-30,33-39,41-42,47,58,63H,11-13,15-24H2,1-10H3,(H2,50,59)(H,51,57)(H,52,61)(H,53,56)(H,54,60)/t27-,28+,29+,30-,33+,34+,35-,36+,37+,38-,39+,41+,42-,47-,48+,49-/m1/s1. The monoisotopic (exact) mass is 932 g/mol. The first kappa shape index (κ1) is 54.7. The summed E-state index contributed by atoms with van der Waals surface area (Å²) in [7, 11) is 1.08. The van der Waals surface area contributed by atoms with Crippen LogP contribution in [0.3, 0.4) is 0 Å². The Balaban J connectivity index is 1.24. The van der Waals surface area contributed by atoms with Gasteiger partial charge in [-0.3, -0.25) is 24.0 Å². The van der Waals surface area contributed by atoms with Gasteiger partial charge < -0.3 is 56.2 Å². The van der Waals surface area contributed by atoms with Crippen molar-refractivity contribution in [1.29, 1.82) is 0 Å². The maximum atomic E-state index is 13.3. The van der Waals surface area contributed by atoms with Gasteiger partial charge in [-0.25, -0.2) is 4.79 Å². The summed E-state index contributed by atoms with van der Waals surface area (Å²) in [6, 6.07) is -5.02. The van der Waals surface area contributed by atoms with E-state index in [-0.39, 0.29) is 30.6 Å². The third-order valence-corrected chi connectivity index (χ3v) is 15.8. The molecule has 0 heterocycles. The van der Waals surface area contributed by atoms with Gasteiger partial charge >= 0.3 is 5.97 Å². The number of primary amides is 1. The largest absolute Gasteiger partial charge is 0.461 e. The zero-order chi connectivity index (χ0) is 49.3. The van der Waals surface area contributed by atoms with Crippen LogP contribution in [0.25, 0.3) is 0 Å². The van der Waals surface area contributed by atoms with Crippen molar-refractivity contribution in [1.82, 2.24) is 21.3 Å². The van der Waals surface area contributed by atoms with Crippen LogP contribution in [-0.4, -0.2) is 114 Å². The Hall–Kier alpha value is -3.93. The van der Waals surface area contributed by atoms with Gasteiger partial charge in [0.25, 0.3) is 0 Å². The van der Waals surface area contributed by atoms with Gasteiger partial charge in [-0.15, -0.1) is 0 Å². The van der Waals surface area contributed by atoms with E-state index in [0.717, 1.165) is 57.0 Å². The van der Waals surface area contributed by atoms with Crippen LogP contribution in [-0.2, 0) is 47.8 Å². The fourth-order valence-corrected chi connectivity index (χ4v) is 12.1. The topological polar surface area (TPSA) is 262 Å². The van der Waals surface area contributed by atoms with E-state index in [9.17, 15) is 43.8 Å². The molecule has 0 aromatic heterocycles. The number of allylic oxidation sites excluding steroid dienone is 1. The highest BCUT2D eigenvalue weighted by molar-refractivity contribution is 5.92. The number of fused-ring (bicyclic) bond motifs is 5. The Morgan fingerprint density at radius 3 is 2.18 bits per heavy atom. The number of aldehydes is 1. The van der Waals surface area contributed by atoms with Crippen LogP contribution < -0.4 is 27.0 Å². The number of hydrogen-bond acceptors (Lipinski definition) is 12. The molecule has 4 aliphatic carbocycles. The molecule has 0 spiro atoms. The predicted molar refractivity (Wildman–Crippen MR) is 246 cm³/mol. The second-order valence-electron chi connectivity index (χ2n) is 20.8. The van der Waals surface area contributed by atoms with Crippen molar-refractivity contribution in [3.63, 3.8) is 0 Å². The Morgan fingerprint density at radius 1 is 0.864 bits per heavy atom. The maximum absolute atomic E-state index is 13.3. The summed E-state index contributed by atoms with van der Waals surface area (Å²) in [6.45, 7) is 17.4. The highest BCUT2D eigenvalue weighted by Crippen LogP contribution is 2.67. The number of amides is 5. The normalized spacial score (nSPS) is 29.9. The van der Waals surface area contributed by atoms with Gasteiger partial charge in [0, 0.05) is 26.9 Å². The number of aliphatic hydroxyl groups is 2. The molecular formula is C49H81N5O12. The number of rotatable bonds is 24. The molecule has 8 N–H and O–H groups in total. The SMILES string of the molecule is CO[C@@H](O)[C@@H](O)[C@H](O[C@H](C)C(=O)N[C@@H](C)C(=O)N[C@H](CCC(=O)N[C@@H](C)C(=O)O[C@H]1CC[C@@]2(C)C(=CC[C@H]3[C@@H]4CC[C@H]([C@H](C)CCCC(C)C)[C@@]4(C)CC[C@@H]32)C1)C(N)=O)[C@H](C=O)NC(C)=O. The van der Waals surface area contributed by atoms with E-state index in [4.69, 9.17) is 19.9 Å². The number of nitrogens with one attached hydrogen (secondary N) is 4. The van der Waals surface area contributed by atoms with Crippen LogP contribution in [0, 0.1) is 46.3 Å². The van der Waals surface area contributed by atoms with E-state index in [1.54, 1.807) is 6.92 Å². The Bertz CT molecular complexity index is 1760. The summed E-state index contributed by atoms with van der Waals surface area (Å²) in [5.74, 6) is 0.00660. The average molecular weight is 932 g/mol.